The lowest BCUT2D eigenvalue weighted by atomic mass is 10.1. The summed E-state index contributed by atoms with van der Waals surface area (Å²) in [6, 6.07) is 11.8. The van der Waals surface area contributed by atoms with Gasteiger partial charge in [0.25, 0.3) is 5.91 Å². The molecule has 0 fully saturated rings. The highest BCUT2D eigenvalue weighted by Gasteiger charge is 2.12. The summed E-state index contributed by atoms with van der Waals surface area (Å²) in [6.45, 7) is 2.34. The summed E-state index contributed by atoms with van der Waals surface area (Å²) in [5, 5.41) is 5.47. The minimum Gasteiger partial charge on any atom is -0.493 e. The van der Waals surface area contributed by atoms with E-state index in [0.29, 0.717) is 35.0 Å². The minimum atomic E-state index is -0.299. The molecule has 26 heavy (non-hydrogen) atoms. The van der Waals surface area contributed by atoms with Crippen molar-refractivity contribution >= 4 is 23.2 Å². The standard InChI is InChI=1S/C19H22N2O5/c1-4-26-16-9-8-13(10-17(16)25-3)19(23)21-15-7-5-6-14(11-15)20-18(22)12-24-2/h5-11H,4,12H2,1-3H3,(H,20,22)(H,21,23). The highest BCUT2D eigenvalue weighted by molar-refractivity contribution is 6.05. The molecule has 2 aromatic rings. The van der Waals surface area contributed by atoms with Crippen LogP contribution in [0.5, 0.6) is 11.5 Å². The second-order valence-corrected chi connectivity index (χ2v) is 5.31. The molecule has 7 nitrogen and oxygen atoms in total. The Bertz CT molecular complexity index is 776. The molecule has 2 aromatic carbocycles. The molecule has 0 atom stereocenters. The van der Waals surface area contributed by atoms with Gasteiger partial charge in [0.2, 0.25) is 5.91 Å². The lowest BCUT2D eigenvalue weighted by Crippen LogP contribution is -2.17. The van der Waals surface area contributed by atoms with E-state index in [9.17, 15) is 9.59 Å². The Labute approximate surface area is 152 Å². The molecule has 0 saturated carbocycles. The van der Waals surface area contributed by atoms with Crippen molar-refractivity contribution in [2.24, 2.45) is 0 Å². The zero-order chi connectivity index (χ0) is 18.9. The van der Waals surface area contributed by atoms with Crippen LogP contribution in [0.2, 0.25) is 0 Å². The number of hydrogen-bond acceptors (Lipinski definition) is 5. The van der Waals surface area contributed by atoms with Crippen LogP contribution >= 0.6 is 0 Å². The molecule has 0 aliphatic carbocycles. The van der Waals surface area contributed by atoms with E-state index in [-0.39, 0.29) is 18.4 Å². The van der Waals surface area contributed by atoms with Gasteiger partial charge in [0.05, 0.1) is 13.7 Å². The highest BCUT2D eigenvalue weighted by atomic mass is 16.5. The van der Waals surface area contributed by atoms with Crippen molar-refractivity contribution < 1.29 is 23.8 Å². The predicted molar refractivity (Wildman–Crippen MR) is 99.1 cm³/mol. The summed E-state index contributed by atoms with van der Waals surface area (Å²) in [5.74, 6) is 0.494. The molecule has 0 bridgehead atoms. The molecule has 138 valence electrons. The van der Waals surface area contributed by atoms with Crippen molar-refractivity contribution in [1.29, 1.82) is 0 Å². The van der Waals surface area contributed by atoms with Crippen LogP contribution < -0.4 is 20.1 Å². The molecule has 2 N–H and O–H groups in total. The molecule has 0 aliphatic heterocycles. The quantitative estimate of drug-likeness (QED) is 0.758. The van der Waals surface area contributed by atoms with Gasteiger partial charge in [0, 0.05) is 24.0 Å². The molecule has 0 unspecified atom stereocenters. The first-order chi connectivity index (χ1) is 12.6. The number of carbonyl (C=O) groups excluding carboxylic acids is 2. The van der Waals surface area contributed by atoms with Crippen LogP contribution in [-0.2, 0) is 9.53 Å². The van der Waals surface area contributed by atoms with Gasteiger partial charge in [0.15, 0.2) is 11.5 Å². The molecule has 7 heteroatoms. The topological polar surface area (TPSA) is 85.9 Å². The number of benzene rings is 2. The van der Waals surface area contributed by atoms with E-state index in [0.717, 1.165) is 0 Å². The normalized spacial score (nSPS) is 10.1. The smallest absolute Gasteiger partial charge is 0.255 e. The maximum Gasteiger partial charge on any atom is 0.255 e. The van der Waals surface area contributed by atoms with E-state index in [2.05, 4.69) is 10.6 Å². The largest absolute Gasteiger partial charge is 0.493 e. The second kappa shape index (κ2) is 9.43. The van der Waals surface area contributed by atoms with Crippen molar-refractivity contribution in [2.45, 2.75) is 6.92 Å². The third-order valence-electron chi connectivity index (χ3n) is 3.41. The van der Waals surface area contributed by atoms with Crippen molar-refractivity contribution in [3.8, 4) is 11.5 Å². The minimum absolute atomic E-state index is 0.0391. The predicted octanol–water partition coefficient (Wildman–Crippen LogP) is 2.93. The maximum atomic E-state index is 12.5. The van der Waals surface area contributed by atoms with Crippen molar-refractivity contribution in [3.63, 3.8) is 0 Å². The van der Waals surface area contributed by atoms with Gasteiger partial charge in [-0.1, -0.05) is 6.07 Å². The molecule has 2 rings (SSSR count). The number of ether oxygens (including phenoxy) is 3. The Morgan fingerprint density at radius 3 is 2.35 bits per heavy atom. The number of rotatable bonds is 8. The summed E-state index contributed by atoms with van der Waals surface area (Å²) < 4.78 is 15.5. The Hall–Kier alpha value is -3.06. The van der Waals surface area contributed by atoms with Crippen LogP contribution in [0.3, 0.4) is 0 Å². The van der Waals surface area contributed by atoms with Gasteiger partial charge < -0.3 is 24.8 Å². The monoisotopic (exact) mass is 358 g/mol. The number of nitrogens with one attached hydrogen (secondary N) is 2. The summed E-state index contributed by atoms with van der Waals surface area (Å²) in [4.78, 5) is 24.0. The Balaban J connectivity index is 2.11. The Morgan fingerprint density at radius 1 is 0.962 bits per heavy atom. The fourth-order valence-electron chi connectivity index (χ4n) is 2.29. The fraction of sp³-hybridized carbons (Fsp3) is 0.263. The van der Waals surface area contributed by atoms with Crippen LogP contribution in [0.4, 0.5) is 11.4 Å². The summed E-state index contributed by atoms with van der Waals surface area (Å²) >= 11 is 0. The van der Waals surface area contributed by atoms with Gasteiger partial charge >= 0.3 is 0 Å². The number of carbonyl (C=O) groups is 2. The van der Waals surface area contributed by atoms with Gasteiger partial charge in [-0.2, -0.15) is 0 Å². The fourth-order valence-corrected chi connectivity index (χ4v) is 2.29. The first-order valence-electron chi connectivity index (χ1n) is 8.08. The number of anilines is 2. The van der Waals surface area contributed by atoms with Crippen LogP contribution in [0, 0.1) is 0 Å². The molecule has 0 spiro atoms. The average Bonchev–Trinajstić information content (AvgIpc) is 2.62. The third kappa shape index (κ3) is 5.22. The lowest BCUT2D eigenvalue weighted by Gasteiger charge is -2.12. The molecule has 0 aromatic heterocycles. The first-order valence-corrected chi connectivity index (χ1v) is 8.08. The summed E-state index contributed by atoms with van der Waals surface area (Å²) in [5.41, 5.74) is 1.55. The lowest BCUT2D eigenvalue weighted by molar-refractivity contribution is -0.119. The van der Waals surface area contributed by atoms with Crippen molar-refractivity contribution in [1.82, 2.24) is 0 Å². The third-order valence-corrected chi connectivity index (χ3v) is 3.41. The number of amides is 2. The van der Waals surface area contributed by atoms with Gasteiger partial charge in [0.1, 0.15) is 6.61 Å². The van der Waals surface area contributed by atoms with E-state index >= 15 is 0 Å². The molecular formula is C19H22N2O5. The van der Waals surface area contributed by atoms with Crippen LogP contribution in [0.25, 0.3) is 0 Å². The van der Waals surface area contributed by atoms with Gasteiger partial charge in [-0.3, -0.25) is 9.59 Å². The van der Waals surface area contributed by atoms with Crippen LogP contribution in [0.15, 0.2) is 42.5 Å². The van der Waals surface area contributed by atoms with Crippen LogP contribution in [-0.4, -0.2) is 39.2 Å². The molecule has 0 saturated heterocycles. The zero-order valence-electron chi connectivity index (χ0n) is 15.0. The van der Waals surface area contributed by atoms with E-state index in [4.69, 9.17) is 14.2 Å². The van der Waals surface area contributed by atoms with Gasteiger partial charge in [-0.15, -0.1) is 0 Å². The maximum absolute atomic E-state index is 12.5. The van der Waals surface area contributed by atoms with Crippen LogP contribution in [0.1, 0.15) is 17.3 Å². The average molecular weight is 358 g/mol. The van der Waals surface area contributed by atoms with E-state index in [1.54, 1.807) is 42.5 Å². The number of hydrogen-bond donors (Lipinski definition) is 2. The van der Waals surface area contributed by atoms with Crippen molar-refractivity contribution in [2.75, 3.05) is 38.1 Å². The van der Waals surface area contributed by atoms with Gasteiger partial charge in [-0.25, -0.2) is 0 Å². The molecule has 0 radical (unpaired) electrons. The SMILES string of the molecule is CCOc1ccc(C(=O)Nc2cccc(NC(=O)COC)c2)cc1OC. The van der Waals surface area contributed by atoms with E-state index in [1.165, 1.54) is 14.2 Å². The molecule has 0 aliphatic rings. The first kappa shape index (κ1) is 19.3. The highest BCUT2D eigenvalue weighted by Crippen LogP contribution is 2.28. The molecular weight excluding hydrogens is 336 g/mol. The zero-order valence-corrected chi connectivity index (χ0v) is 15.0. The molecule has 0 heterocycles. The Morgan fingerprint density at radius 2 is 1.69 bits per heavy atom. The Kier molecular flexibility index (Phi) is 6.99. The van der Waals surface area contributed by atoms with Crippen molar-refractivity contribution in [3.05, 3.63) is 48.0 Å². The van der Waals surface area contributed by atoms with E-state index < -0.39 is 0 Å². The van der Waals surface area contributed by atoms with Gasteiger partial charge in [-0.05, 0) is 43.3 Å². The summed E-state index contributed by atoms with van der Waals surface area (Å²) in [7, 11) is 2.97. The van der Waals surface area contributed by atoms with E-state index in [1.807, 2.05) is 6.92 Å². The molecule has 2 amide bonds. The second-order valence-electron chi connectivity index (χ2n) is 5.31. The summed E-state index contributed by atoms with van der Waals surface area (Å²) in [6.07, 6.45) is 0. The number of methoxy groups -OCH3 is 2.